The Balaban J connectivity index is 1.68. The van der Waals surface area contributed by atoms with E-state index in [1.807, 2.05) is 80.6 Å². The summed E-state index contributed by atoms with van der Waals surface area (Å²) in [5.74, 6) is 0.853. The van der Waals surface area contributed by atoms with E-state index in [2.05, 4.69) is 11.4 Å². The Kier molecular flexibility index (Phi) is 6.29. The lowest BCUT2D eigenvalue weighted by atomic mass is 9.79. The molecule has 5 rings (SSSR count). The summed E-state index contributed by atoms with van der Waals surface area (Å²) in [5.41, 5.74) is 3.40. The summed E-state index contributed by atoms with van der Waals surface area (Å²) >= 11 is 0. The van der Waals surface area contributed by atoms with Gasteiger partial charge < -0.3 is 14.2 Å². The fourth-order valence-corrected chi connectivity index (χ4v) is 5.41. The van der Waals surface area contributed by atoms with Gasteiger partial charge in [-0.3, -0.25) is 0 Å². The van der Waals surface area contributed by atoms with Gasteiger partial charge in [-0.05, 0) is 55.3 Å². The largest absolute Gasteiger partial charge is 0.493 e. The van der Waals surface area contributed by atoms with Crippen LogP contribution in [0.4, 0.5) is 5.69 Å². The highest BCUT2D eigenvalue weighted by atomic mass is 32.2. The summed E-state index contributed by atoms with van der Waals surface area (Å²) in [6, 6.07) is 32.0. The summed E-state index contributed by atoms with van der Waals surface area (Å²) in [6.45, 7) is 4.29. The molecule has 0 aromatic heterocycles. The van der Waals surface area contributed by atoms with E-state index in [0.29, 0.717) is 18.1 Å². The van der Waals surface area contributed by atoms with E-state index in [9.17, 15) is 8.42 Å². The summed E-state index contributed by atoms with van der Waals surface area (Å²) in [6.07, 6.45) is 2.06. The maximum Gasteiger partial charge on any atom is 0.339 e. The Labute approximate surface area is 212 Å². The normalized spacial score (nSPS) is 14.2. The van der Waals surface area contributed by atoms with Crippen LogP contribution in [-0.4, -0.2) is 15.0 Å². The van der Waals surface area contributed by atoms with Gasteiger partial charge in [-0.15, -0.1) is 0 Å². The van der Waals surface area contributed by atoms with Crippen molar-refractivity contribution in [2.45, 2.75) is 24.3 Å². The predicted octanol–water partition coefficient (Wildman–Crippen LogP) is 6.51. The van der Waals surface area contributed by atoms with Crippen molar-refractivity contribution in [1.82, 2.24) is 0 Å². The fourth-order valence-electron chi connectivity index (χ4n) is 4.47. The molecule has 1 aliphatic heterocycles. The van der Waals surface area contributed by atoms with Crippen LogP contribution >= 0.6 is 0 Å². The Bertz CT molecular complexity index is 1460. The lowest BCUT2D eigenvalue weighted by molar-refractivity contribution is 0.294. The van der Waals surface area contributed by atoms with Gasteiger partial charge in [-0.1, -0.05) is 84.4 Å². The molecule has 36 heavy (non-hydrogen) atoms. The molecule has 0 saturated carbocycles. The fraction of sp³-hybridized carbons (Fsp3) is 0.133. The minimum atomic E-state index is -4.06. The molecule has 0 aliphatic carbocycles. The second-order valence-electron chi connectivity index (χ2n) is 8.64. The Morgan fingerprint density at radius 1 is 0.778 bits per heavy atom. The van der Waals surface area contributed by atoms with Gasteiger partial charge in [-0.25, -0.2) is 0 Å². The first-order valence-corrected chi connectivity index (χ1v) is 13.2. The zero-order valence-corrected chi connectivity index (χ0v) is 21.0. The molecule has 0 amide bonds. The third-order valence-corrected chi connectivity index (χ3v) is 7.48. The number of rotatable bonds is 7. The second kappa shape index (κ2) is 9.55. The molecular weight excluding hydrogens is 470 g/mol. The Morgan fingerprint density at radius 2 is 1.39 bits per heavy atom. The summed E-state index contributed by atoms with van der Waals surface area (Å²) in [4.78, 5) is 0.0967. The summed E-state index contributed by atoms with van der Waals surface area (Å²) < 4.78 is 38.3. The third kappa shape index (κ3) is 4.36. The monoisotopic (exact) mass is 497 g/mol. The molecule has 0 bridgehead atoms. The van der Waals surface area contributed by atoms with Crippen molar-refractivity contribution in [2.75, 3.05) is 11.9 Å². The quantitative estimate of drug-likeness (QED) is 0.295. The van der Waals surface area contributed by atoms with Crippen molar-refractivity contribution in [2.24, 2.45) is 0 Å². The molecule has 0 spiro atoms. The lowest BCUT2D eigenvalue weighted by Gasteiger charge is -2.39. The van der Waals surface area contributed by atoms with Crippen LogP contribution in [0.15, 0.2) is 114 Å². The van der Waals surface area contributed by atoms with Gasteiger partial charge in [0.25, 0.3) is 0 Å². The van der Waals surface area contributed by atoms with Crippen molar-refractivity contribution in [3.8, 4) is 5.75 Å². The van der Waals surface area contributed by atoms with Gasteiger partial charge in [0.15, 0.2) is 5.75 Å². The molecule has 4 aromatic carbocycles. The molecule has 0 radical (unpaired) electrons. The first kappa shape index (κ1) is 23.7. The van der Waals surface area contributed by atoms with Crippen molar-refractivity contribution >= 4 is 21.6 Å². The number of ether oxygens (including phenoxy) is 1. The number of hydrogen-bond donors (Lipinski definition) is 1. The SMILES string of the molecule is CCOC1=CC(c2ccccc2)(c2ccccc2)Nc2c(OS(=O)(=O)c3ccc(C)cc3)cccc21. The zero-order chi connectivity index (χ0) is 25.2. The number of fused-ring (bicyclic) bond motifs is 1. The van der Waals surface area contributed by atoms with Crippen LogP contribution in [0.25, 0.3) is 5.76 Å². The number of para-hydroxylation sites is 1. The molecule has 6 heteroatoms. The molecule has 0 atom stereocenters. The van der Waals surface area contributed by atoms with Gasteiger partial charge in [-0.2, -0.15) is 8.42 Å². The zero-order valence-electron chi connectivity index (χ0n) is 20.1. The van der Waals surface area contributed by atoms with E-state index in [0.717, 1.165) is 22.3 Å². The Hall–Kier alpha value is -4.03. The lowest BCUT2D eigenvalue weighted by Crippen LogP contribution is -2.38. The van der Waals surface area contributed by atoms with Crippen LogP contribution in [0.2, 0.25) is 0 Å². The summed E-state index contributed by atoms with van der Waals surface area (Å²) in [7, 11) is -4.06. The minimum absolute atomic E-state index is 0.0967. The molecule has 5 nitrogen and oxygen atoms in total. The van der Waals surface area contributed by atoms with Gasteiger partial charge in [0.05, 0.1) is 12.3 Å². The highest BCUT2D eigenvalue weighted by molar-refractivity contribution is 7.87. The standard InChI is InChI=1S/C30H27NO4S/c1-3-34-28-21-30(23-11-6-4-7-12-23,24-13-8-5-9-14-24)31-29-26(28)15-10-16-27(29)35-36(32,33)25-19-17-22(2)18-20-25/h4-21,31H,3H2,1-2H3. The number of benzene rings is 4. The van der Waals surface area contributed by atoms with Crippen LogP contribution in [0.5, 0.6) is 5.75 Å². The van der Waals surface area contributed by atoms with E-state index in [4.69, 9.17) is 8.92 Å². The second-order valence-corrected chi connectivity index (χ2v) is 10.2. The molecule has 0 fully saturated rings. The number of hydrogen-bond acceptors (Lipinski definition) is 5. The molecule has 1 heterocycles. The molecule has 1 aliphatic rings. The van der Waals surface area contributed by atoms with E-state index in [1.54, 1.807) is 36.4 Å². The van der Waals surface area contributed by atoms with Crippen LogP contribution in [-0.2, 0) is 20.4 Å². The van der Waals surface area contributed by atoms with Gasteiger partial charge in [0.1, 0.15) is 16.2 Å². The number of aryl methyl sites for hydroxylation is 1. The Morgan fingerprint density at radius 3 is 1.97 bits per heavy atom. The highest BCUT2D eigenvalue weighted by Crippen LogP contribution is 2.47. The number of nitrogens with one attached hydrogen (secondary N) is 1. The van der Waals surface area contributed by atoms with Gasteiger partial charge >= 0.3 is 10.1 Å². The van der Waals surface area contributed by atoms with Crippen LogP contribution in [0, 0.1) is 6.92 Å². The minimum Gasteiger partial charge on any atom is -0.493 e. The van der Waals surface area contributed by atoms with Crippen molar-refractivity contribution in [3.05, 3.63) is 131 Å². The van der Waals surface area contributed by atoms with Gasteiger partial charge in [0, 0.05) is 5.56 Å². The van der Waals surface area contributed by atoms with Gasteiger partial charge in [0.2, 0.25) is 0 Å². The molecule has 0 saturated heterocycles. The highest BCUT2D eigenvalue weighted by Gasteiger charge is 2.39. The van der Waals surface area contributed by atoms with Crippen LogP contribution < -0.4 is 9.50 Å². The smallest absolute Gasteiger partial charge is 0.339 e. The molecule has 4 aromatic rings. The topological polar surface area (TPSA) is 64.6 Å². The molecule has 0 unspecified atom stereocenters. The number of anilines is 1. The predicted molar refractivity (Wildman–Crippen MR) is 142 cm³/mol. The van der Waals surface area contributed by atoms with Crippen LogP contribution in [0.3, 0.4) is 0 Å². The molecule has 182 valence electrons. The van der Waals surface area contributed by atoms with Crippen molar-refractivity contribution in [1.29, 1.82) is 0 Å². The van der Waals surface area contributed by atoms with Crippen molar-refractivity contribution < 1.29 is 17.3 Å². The molecular formula is C30H27NO4S. The third-order valence-electron chi connectivity index (χ3n) is 6.23. The molecule has 1 N–H and O–H groups in total. The maximum absolute atomic E-state index is 13.2. The first-order valence-electron chi connectivity index (χ1n) is 11.8. The summed E-state index contributed by atoms with van der Waals surface area (Å²) in [5, 5.41) is 3.64. The van der Waals surface area contributed by atoms with Crippen LogP contribution in [0.1, 0.15) is 29.2 Å². The average molecular weight is 498 g/mol. The van der Waals surface area contributed by atoms with E-state index >= 15 is 0 Å². The first-order chi connectivity index (χ1) is 17.4. The maximum atomic E-state index is 13.2. The average Bonchev–Trinajstić information content (AvgIpc) is 2.90. The van der Waals surface area contributed by atoms with E-state index < -0.39 is 15.7 Å². The van der Waals surface area contributed by atoms with E-state index in [-0.39, 0.29) is 10.6 Å². The van der Waals surface area contributed by atoms with E-state index in [1.165, 1.54) is 0 Å². The van der Waals surface area contributed by atoms with Crippen molar-refractivity contribution in [3.63, 3.8) is 0 Å².